The largest absolute Gasteiger partial charge is 0.448 e. The van der Waals surface area contributed by atoms with Crippen molar-refractivity contribution >= 4 is 11.8 Å². The molecule has 1 amide bonds. The maximum atomic E-state index is 11.4. The quantitative estimate of drug-likeness (QED) is 0.683. The highest BCUT2D eigenvalue weighted by Gasteiger charge is 2.78. The molecule has 3 rings (SSSR count). The summed E-state index contributed by atoms with van der Waals surface area (Å²) in [6.07, 6.45) is 1.39. The Morgan fingerprint density at radius 1 is 1.53 bits per heavy atom. The molecular formula is C13H15NO5. The summed E-state index contributed by atoms with van der Waals surface area (Å²) in [5, 5.41) is 19.3. The summed E-state index contributed by atoms with van der Waals surface area (Å²) in [7, 11) is 0. The Labute approximate surface area is 110 Å². The van der Waals surface area contributed by atoms with E-state index in [0.29, 0.717) is 5.57 Å². The Bertz CT molecular complexity index is 511. The third-order valence-electron chi connectivity index (χ3n) is 3.83. The van der Waals surface area contributed by atoms with Crippen molar-refractivity contribution in [2.45, 2.75) is 24.9 Å². The molecule has 1 spiro atoms. The Morgan fingerprint density at radius 3 is 2.95 bits per heavy atom. The van der Waals surface area contributed by atoms with Gasteiger partial charge in [-0.1, -0.05) is 12.7 Å². The molecule has 6 heteroatoms. The summed E-state index contributed by atoms with van der Waals surface area (Å²) >= 11 is 0. The Balaban J connectivity index is 1.96. The molecule has 2 heterocycles. The fourth-order valence-corrected chi connectivity index (χ4v) is 3.01. The highest BCUT2D eigenvalue weighted by Crippen LogP contribution is 2.65. The molecule has 0 bridgehead atoms. The standard InChI is InChI=1S/C13H15NO5/c1-6-3-4-9(16)14-7(2)18-13-10(6)11(13)12(17)8(5-15)19-13/h3-4,8,10-12,15,17H,1,5H2,2H3. The molecule has 102 valence electrons. The number of rotatable bonds is 1. The van der Waals surface area contributed by atoms with Crippen LogP contribution < -0.4 is 0 Å². The average Bonchev–Trinajstić information content (AvgIpc) is 2.89. The van der Waals surface area contributed by atoms with Gasteiger partial charge in [0.15, 0.2) is 5.90 Å². The van der Waals surface area contributed by atoms with E-state index in [4.69, 9.17) is 14.6 Å². The summed E-state index contributed by atoms with van der Waals surface area (Å²) in [6.45, 7) is 5.15. The van der Waals surface area contributed by atoms with E-state index in [0.717, 1.165) is 0 Å². The second kappa shape index (κ2) is 4.00. The van der Waals surface area contributed by atoms with Crippen molar-refractivity contribution < 1.29 is 24.5 Å². The van der Waals surface area contributed by atoms with Crippen LogP contribution in [0.2, 0.25) is 0 Å². The van der Waals surface area contributed by atoms with Crippen molar-refractivity contribution in [2.24, 2.45) is 16.8 Å². The predicted molar refractivity (Wildman–Crippen MR) is 65.2 cm³/mol. The maximum absolute atomic E-state index is 11.4. The molecule has 2 N–H and O–H groups in total. The number of nitrogens with zero attached hydrogens (tertiary/aromatic N) is 1. The van der Waals surface area contributed by atoms with Gasteiger partial charge in [0.05, 0.1) is 24.5 Å². The average molecular weight is 265 g/mol. The van der Waals surface area contributed by atoms with Crippen LogP contribution in [-0.2, 0) is 14.3 Å². The van der Waals surface area contributed by atoms with Crippen molar-refractivity contribution in [3.8, 4) is 0 Å². The van der Waals surface area contributed by atoms with Crippen LogP contribution in [-0.4, -0.2) is 46.6 Å². The molecule has 3 aliphatic rings. The van der Waals surface area contributed by atoms with Crippen LogP contribution in [0.1, 0.15) is 6.92 Å². The monoisotopic (exact) mass is 265 g/mol. The number of amides is 1. The molecule has 0 aromatic carbocycles. The molecule has 1 saturated carbocycles. The molecule has 6 nitrogen and oxygen atoms in total. The van der Waals surface area contributed by atoms with Crippen LogP contribution in [0.15, 0.2) is 29.3 Å². The Kier molecular flexibility index (Phi) is 2.63. The summed E-state index contributed by atoms with van der Waals surface area (Å²) in [4.78, 5) is 15.2. The first-order chi connectivity index (χ1) is 8.99. The topological polar surface area (TPSA) is 88.4 Å². The summed E-state index contributed by atoms with van der Waals surface area (Å²) in [5.41, 5.74) is 0.652. The lowest BCUT2D eigenvalue weighted by Gasteiger charge is -2.22. The number of aliphatic hydroxyl groups excluding tert-OH is 2. The van der Waals surface area contributed by atoms with Crippen molar-refractivity contribution in [1.29, 1.82) is 0 Å². The fraction of sp³-hybridized carbons (Fsp3) is 0.538. The highest BCUT2D eigenvalue weighted by molar-refractivity contribution is 5.97. The minimum absolute atomic E-state index is 0.183. The summed E-state index contributed by atoms with van der Waals surface area (Å²) in [5.74, 6) is -1.81. The van der Waals surface area contributed by atoms with E-state index in [1.807, 2.05) is 0 Å². The minimum atomic E-state index is -1.05. The molecule has 2 aliphatic heterocycles. The molecule has 5 atom stereocenters. The van der Waals surface area contributed by atoms with Crippen LogP contribution in [0.25, 0.3) is 0 Å². The molecule has 1 aliphatic carbocycles. The molecule has 5 unspecified atom stereocenters. The first-order valence-corrected chi connectivity index (χ1v) is 6.11. The van der Waals surface area contributed by atoms with Gasteiger partial charge in [-0.05, 0) is 5.57 Å². The van der Waals surface area contributed by atoms with Gasteiger partial charge in [-0.25, -0.2) is 0 Å². The van der Waals surface area contributed by atoms with Gasteiger partial charge in [0.25, 0.3) is 5.91 Å². The van der Waals surface area contributed by atoms with Gasteiger partial charge in [0.2, 0.25) is 5.79 Å². The molecule has 2 fully saturated rings. The van der Waals surface area contributed by atoms with Gasteiger partial charge in [-0.2, -0.15) is 4.99 Å². The van der Waals surface area contributed by atoms with Crippen molar-refractivity contribution in [1.82, 2.24) is 0 Å². The third kappa shape index (κ3) is 1.68. The van der Waals surface area contributed by atoms with Crippen LogP contribution in [0.4, 0.5) is 0 Å². The Morgan fingerprint density at radius 2 is 2.26 bits per heavy atom. The number of hydrogen-bond donors (Lipinski definition) is 2. The number of aliphatic imine (C=N–C) groups is 1. The van der Waals surface area contributed by atoms with E-state index in [2.05, 4.69) is 11.6 Å². The Hall–Kier alpha value is -1.50. The second-order valence-electron chi connectivity index (χ2n) is 5.03. The number of hydrogen-bond acceptors (Lipinski definition) is 5. The smallest absolute Gasteiger partial charge is 0.272 e. The van der Waals surface area contributed by atoms with Gasteiger partial charge in [0, 0.05) is 13.0 Å². The number of allylic oxidation sites excluding steroid dienone is 1. The van der Waals surface area contributed by atoms with Crippen LogP contribution >= 0.6 is 0 Å². The predicted octanol–water partition coefficient (Wildman–Crippen LogP) is -0.232. The molecule has 0 radical (unpaired) electrons. The molecule has 19 heavy (non-hydrogen) atoms. The van der Waals surface area contributed by atoms with E-state index in [-0.39, 0.29) is 24.3 Å². The third-order valence-corrected chi connectivity index (χ3v) is 3.83. The van der Waals surface area contributed by atoms with E-state index in [9.17, 15) is 9.90 Å². The zero-order chi connectivity index (χ0) is 13.8. The first-order valence-electron chi connectivity index (χ1n) is 6.11. The van der Waals surface area contributed by atoms with E-state index in [1.54, 1.807) is 13.0 Å². The van der Waals surface area contributed by atoms with Gasteiger partial charge in [-0.15, -0.1) is 0 Å². The van der Waals surface area contributed by atoms with Gasteiger partial charge in [-0.3, -0.25) is 4.79 Å². The van der Waals surface area contributed by atoms with Gasteiger partial charge in [0.1, 0.15) is 6.10 Å². The van der Waals surface area contributed by atoms with Crippen molar-refractivity contribution in [2.75, 3.05) is 6.61 Å². The minimum Gasteiger partial charge on any atom is -0.448 e. The van der Waals surface area contributed by atoms with Gasteiger partial charge >= 0.3 is 0 Å². The number of fused-ring (bicyclic) bond motifs is 1. The number of ether oxygens (including phenoxy) is 2. The van der Waals surface area contributed by atoms with E-state index < -0.39 is 23.9 Å². The lowest BCUT2D eigenvalue weighted by atomic mass is 10.0. The summed E-state index contributed by atoms with van der Waals surface area (Å²) < 4.78 is 11.3. The van der Waals surface area contributed by atoms with E-state index in [1.165, 1.54) is 6.08 Å². The van der Waals surface area contributed by atoms with Gasteiger partial charge < -0.3 is 19.7 Å². The van der Waals surface area contributed by atoms with Crippen LogP contribution in [0.5, 0.6) is 0 Å². The van der Waals surface area contributed by atoms with Crippen LogP contribution in [0.3, 0.4) is 0 Å². The normalized spacial score (nSPS) is 44.5. The second-order valence-corrected chi connectivity index (χ2v) is 5.03. The zero-order valence-electron chi connectivity index (χ0n) is 10.4. The molecule has 0 aromatic heterocycles. The highest BCUT2D eigenvalue weighted by atomic mass is 16.7. The van der Waals surface area contributed by atoms with Crippen molar-refractivity contribution in [3.05, 3.63) is 24.3 Å². The van der Waals surface area contributed by atoms with E-state index >= 15 is 0 Å². The van der Waals surface area contributed by atoms with Crippen LogP contribution in [0, 0.1) is 11.8 Å². The number of carbonyl (C=O) groups excluding carboxylic acids is 1. The first kappa shape index (κ1) is 12.5. The number of aliphatic hydroxyl groups is 2. The SMILES string of the molecule is C=C1C=CC(=O)N=C(C)OC23OC(CO)C(O)C2C13. The maximum Gasteiger partial charge on any atom is 0.272 e. The number of carbonyl (C=O) groups is 1. The molecule has 1 saturated heterocycles. The fourth-order valence-electron chi connectivity index (χ4n) is 3.01. The lowest BCUT2D eigenvalue weighted by Crippen LogP contribution is -2.33. The zero-order valence-corrected chi connectivity index (χ0v) is 10.4. The van der Waals surface area contributed by atoms with Crippen molar-refractivity contribution in [3.63, 3.8) is 0 Å². The molecular weight excluding hydrogens is 250 g/mol. The lowest BCUT2D eigenvalue weighted by molar-refractivity contribution is -0.153. The summed E-state index contributed by atoms with van der Waals surface area (Å²) in [6, 6.07) is 0. The molecule has 0 aromatic rings.